The van der Waals surface area contributed by atoms with Gasteiger partial charge in [0.05, 0.1) is 5.69 Å². The summed E-state index contributed by atoms with van der Waals surface area (Å²) in [6.07, 6.45) is 0.639. The van der Waals surface area contributed by atoms with Gasteiger partial charge in [-0.15, -0.1) is 0 Å². The molecule has 2 heterocycles. The molecule has 0 saturated heterocycles. The van der Waals surface area contributed by atoms with E-state index in [9.17, 15) is 9.59 Å². The summed E-state index contributed by atoms with van der Waals surface area (Å²) in [5.41, 5.74) is 0.557. The van der Waals surface area contributed by atoms with Crippen LogP contribution < -0.4 is 16.2 Å². The number of nitrogens with zero attached hydrogens (tertiary/aromatic N) is 3. The highest BCUT2D eigenvalue weighted by molar-refractivity contribution is 6.30. The summed E-state index contributed by atoms with van der Waals surface area (Å²) in [6.45, 7) is 3.55. The fraction of sp³-hybridized carbons (Fsp3) is 0.200. The van der Waals surface area contributed by atoms with Gasteiger partial charge in [-0.25, -0.2) is 9.78 Å². The van der Waals surface area contributed by atoms with Gasteiger partial charge in [0.15, 0.2) is 0 Å². The number of carbonyl (C=O) groups excluding carboxylic acids is 1. The highest BCUT2D eigenvalue weighted by Crippen LogP contribution is 2.15. The van der Waals surface area contributed by atoms with Crippen LogP contribution in [-0.4, -0.2) is 25.6 Å². The van der Waals surface area contributed by atoms with Crippen LogP contribution in [0, 0.1) is 6.92 Å². The molecule has 0 spiro atoms. The standard InChI is InChI=1S/C15H15ClN6O2/c1-3-11-19-14-17-8(2)12(13(23)22(14)21-11)20-15(24)18-10-6-4-5-9(16)7-10/h4-7H,3H2,1-2H3,(H,17,19,21)(H2,18,20,24). The Morgan fingerprint density at radius 1 is 1.33 bits per heavy atom. The monoisotopic (exact) mass is 346 g/mol. The smallest absolute Gasteiger partial charge is 0.308 e. The molecule has 3 rings (SSSR count). The average Bonchev–Trinajstić information content (AvgIpc) is 2.94. The van der Waals surface area contributed by atoms with E-state index in [2.05, 4.69) is 25.7 Å². The predicted molar refractivity (Wildman–Crippen MR) is 91.8 cm³/mol. The molecule has 8 nitrogen and oxygen atoms in total. The van der Waals surface area contributed by atoms with Gasteiger partial charge in [0.2, 0.25) is 0 Å². The first kappa shape index (κ1) is 16.0. The first-order chi connectivity index (χ1) is 11.5. The van der Waals surface area contributed by atoms with Crippen molar-refractivity contribution in [1.29, 1.82) is 0 Å². The van der Waals surface area contributed by atoms with E-state index in [0.29, 0.717) is 28.6 Å². The minimum absolute atomic E-state index is 0.0818. The van der Waals surface area contributed by atoms with Crippen LogP contribution in [0.25, 0.3) is 5.78 Å². The maximum atomic E-state index is 12.5. The van der Waals surface area contributed by atoms with Crippen LogP contribution in [0.2, 0.25) is 5.02 Å². The summed E-state index contributed by atoms with van der Waals surface area (Å²) in [6, 6.07) is 6.14. The van der Waals surface area contributed by atoms with Gasteiger partial charge in [-0.3, -0.25) is 9.89 Å². The molecular formula is C15H15ClN6O2. The first-order valence-electron chi connectivity index (χ1n) is 7.29. The van der Waals surface area contributed by atoms with E-state index in [-0.39, 0.29) is 11.5 Å². The normalized spacial score (nSPS) is 10.8. The second-order valence-electron chi connectivity index (χ2n) is 5.13. The molecule has 1 aromatic carbocycles. The van der Waals surface area contributed by atoms with Gasteiger partial charge in [0.25, 0.3) is 11.3 Å². The lowest BCUT2D eigenvalue weighted by Crippen LogP contribution is -2.28. The van der Waals surface area contributed by atoms with Crippen molar-refractivity contribution in [3.8, 4) is 0 Å². The molecule has 0 aliphatic heterocycles. The summed E-state index contributed by atoms with van der Waals surface area (Å²) in [7, 11) is 0. The number of nitrogens with one attached hydrogen (secondary N) is 3. The number of urea groups is 1. The molecular weight excluding hydrogens is 332 g/mol. The molecule has 0 aliphatic rings. The van der Waals surface area contributed by atoms with Crippen molar-refractivity contribution in [1.82, 2.24) is 19.6 Å². The number of amides is 2. The second-order valence-corrected chi connectivity index (χ2v) is 5.56. The fourth-order valence-corrected chi connectivity index (χ4v) is 2.40. The lowest BCUT2D eigenvalue weighted by atomic mass is 10.3. The van der Waals surface area contributed by atoms with Crippen molar-refractivity contribution >= 4 is 34.8 Å². The van der Waals surface area contributed by atoms with Gasteiger partial charge < -0.3 is 10.6 Å². The van der Waals surface area contributed by atoms with E-state index in [0.717, 1.165) is 0 Å². The molecule has 2 amide bonds. The number of benzene rings is 1. The number of fused-ring (bicyclic) bond motifs is 1. The molecule has 0 unspecified atom stereocenters. The van der Waals surface area contributed by atoms with Gasteiger partial charge in [0.1, 0.15) is 11.5 Å². The number of hydrogen-bond acceptors (Lipinski definition) is 4. The number of H-pyrrole nitrogens is 1. The SMILES string of the molecule is CCc1nc2nc(C)c(NC(=O)Nc3cccc(Cl)c3)c(=O)n2[nH]1. The highest BCUT2D eigenvalue weighted by Gasteiger charge is 2.15. The Labute approximate surface area is 141 Å². The lowest BCUT2D eigenvalue weighted by Gasteiger charge is -2.09. The third kappa shape index (κ3) is 3.09. The summed E-state index contributed by atoms with van der Waals surface area (Å²) in [5, 5.41) is 8.49. The van der Waals surface area contributed by atoms with Crippen LogP contribution in [0.15, 0.2) is 29.1 Å². The fourth-order valence-electron chi connectivity index (χ4n) is 2.21. The molecule has 9 heteroatoms. The van der Waals surface area contributed by atoms with E-state index in [1.165, 1.54) is 4.52 Å². The Balaban J connectivity index is 1.89. The zero-order valence-corrected chi connectivity index (χ0v) is 13.8. The summed E-state index contributed by atoms with van der Waals surface area (Å²) in [4.78, 5) is 33.1. The third-order valence-corrected chi connectivity index (χ3v) is 3.61. The Bertz CT molecular complexity index is 978. The van der Waals surface area contributed by atoms with E-state index in [1.54, 1.807) is 31.2 Å². The minimum Gasteiger partial charge on any atom is -0.308 e. The Hall–Kier alpha value is -2.87. The first-order valence-corrected chi connectivity index (χ1v) is 7.67. The van der Waals surface area contributed by atoms with E-state index in [4.69, 9.17) is 11.6 Å². The summed E-state index contributed by atoms with van der Waals surface area (Å²) in [5.74, 6) is 0.912. The van der Waals surface area contributed by atoms with Gasteiger partial charge in [-0.05, 0) is 25.1 Å². The average molecular weight is 347 g/mol. The zero-order valence-electron chi connectivity index (χ0n) is 13.1. The summed E-state index contributed by atoms with van der Waals surface area (Å²) >= 11 is 5.87. The van der Waals surface area contributed by atoms with E-state index >= 15 is 0 Å². The van der Waals surface area contributed by atoms with Crippen LogP contribution >= 0.6 is 11.6 Å². The number of aromatic nitrogens is 4. The van der Waals surface area contributed by atoms with E-state index in [1.807, 2.05) is 6.92 Å². The topological polar surface area (TPSA) is 104 Å². The van der Waals surface area contributed by atoms with Crippen LogP contribution in [0.5, 0.6) is 0 Å². The number of rotatable bonds is 3. The molecule has 3 aromatic rings. The molecule has 124 valence electrons. The van der Waals surface area contributed by atoms with Crippen molar-refractivity contribution in [3.05, 3.63) is 51.2 Å². The largest absolute Gasteiger partial charge is 0.323 e. The second kappa shape index (κ2) is 6.32. The minimum atomic E-state index is -0.561. The van der Waals surface area contributed by atoms with Gasteiger partial charge >= 0.3 is 6.03 Å². The number of anilines is 2. The van der Waals surface area contributed by atoms with Crippen LogP contribution in [0.1, 0.15) is 18.4 Å². The lowest BCUT2D eigenvalue weighted by molar-refractivity contribution is 0.262. The number of aromatic amines is 1. The van der Waals surface area contributed by atoms with Crippen molar-refractivity contribution in [2.45, 2.75) is 20.3 Å². The van der Waals surface area contributed by atoms with Crippen molar-refractivity contribution in [2.75, 3.05) is 10.6 Å². The molecule has 0 aliphatic carbocycles. The highest BCUT2D eigenvalue weighted by atomic mass is 35.5. The Morgan fingerprint density at radius 2 is 2.12 bits per heavy atom. The predicted octanol–water partition coefficient (Wildman–Crippen LogP) is 2.59. The van der Waals surface area contributed by atoms with Crippen LogP contribution in [0.3, 0.4) is 0 Å². The van der Waals surface area contributed by atoms with Gasteiger partial charge in [-0.2, -0.15) is 9.50 Å². The number of aryl methyl sites for hydroxylation is 2. The number of hydrogen-bond donors (Lipinski definition) is 3. The van der Waals surface area contributed by atoms with E-state index < -0.39 is 11.6 Å². The number of halogens is 1. The Kier molecular flexibility index (Phi) is 4.22. The molecule has 0 bridgehead atoms. The Morgan fingerprint density at radius 3 is 2.83 bits per heavy atom. The summed E-state index contributed by atoms with van der Waals surface area (Å²) < 4.78 is 1.21. The maximum Gasteiger partial charge on any atom is 0.323 e. The molecule has 24 heavy (non-hydrogen) atoms. The molecule has 0 radical (unpaired) electrons. The number of carbonyl (C=O) groups is 1. The van der Waals surface area contributed by atoms with Gasteiger partial charge in [-0.1, -0.05) is 24.6 Å². The van der Waals surface area contributed by atoms with Crippen molar-refractivity contribution < 1.29 is 4.79 Å². The molecule has 3 N–H and O–H groups in total. The maximum absolute atomic E-state index is 12.5. The molecule has 0 fully saturated rings. The van der Waals surface area contributed by atoms with Crippen molar-refractivity contribution in [2.24, 2.45) is 0 Å². The van der Waals surface area contributed by atoms with Crippen LogP contribution in [-0.2, 0) is 6.42 Å². The third-order valence-electron chi connectivity index (χ3n) is 3.38. The zero-order chi connectivity index (χ0) is 17.3. The van der Waals surface area contributed by atoms with Gasteiger partial charge in [0, 0.05) is 17.1 Å². The quantitative estimate of drug-likeness (QED) is 0.678. The van der Waals surface area contributed by atoms with Crippen LogP contribution in [0.4, 0.5) is 16.2 Å². The molecule has 0 atom stereocenters. The molecule has 2 aromatic heterocycles. The van der Waals surface area contributed by atoms with Crippen molar-refractivity contribution in [3.63, 3.8) is 0 Å². The molecule has 0 saturated carbocycles.